The number of phenols is 1. The number of fused-ring (bicyclic) bond motifs is 1. The molecule has 1 saturated heterocycles. The van der Waals surface area contributed by atoms with Gasteiger partial charge in [0.2, 0.25) is 0 Å². The molecule has 1 fully saturated rings. The fraction of sp³-hybridized carbons (Fsp3) is 0.333. The summed E-state index contributed by atoms with van der Waals surface area (Å²) in [6.45, 7) is 2.13. The minimum atomic E-state index is 0.0893. The monoisotopic (exact) mass is 357 g/mol. The van der Waals surface area contributed by atoms with E-state index < -0.39 is 0 Å². The molecule has 0 saturated carbocycles. The third-order valence-corrected chi connectivity index (χ3v) is 4.87. The molecule has 3 aromatic rings. The molecule has 3 heterocycles. The number of aromatic nitrogens is 3. The van der Waals surface area contributed by atoms with E-state index in [1.54, 1.807) is 12.1 Å². The number of nitrogens with zero attached hydrogens (tertiary/aromatic N) is 4. The van der Waals surface area contributed by atoms with Gasteiger partial charge in [-0.05, 0) is 56.8 Å². The highest BCUT2D eigenvalue weighted by Gasteiger charge is 2.20. The summed E-state index contributed by atoms with van der Waals surface area (Å²) >= 11 is 5.93. The highest BCUT2D eigenvalue weighted by Crippen LogP contribution is 2.31. The van der Waals surface area contributed by atoms with Crippen molar-refractivity contribution in [3.8, 4) is 17.1 Å². The molecule has 1 aromatic carbocycles. The first-order valence-corrected chi connectivity index (χ1v) is 8.77. The van der Waals surface area contributed by atoms with Crippen molar-refractivity contribution >= 4 is 22.9 Å². The molecule has 0 spiro atoms. The van der Waals surface area contributed by atoms with Crippen molar-refractivity contribution in [3.63, 3.8) is 0 Å². The number of likely N-dealkylation sites (N-methyl/N-ethyl adjacent to an activating group) is 1. The molecule has 0 radical (unpaired) electrons. The third-order valence-electron chi connectivity index (χ3n) is 4.63. The number of piperidine rings is 1. The first-order chi connectivity index (χ1) is 12.1. The first-order valence-electron chi connectivity index (χ1n) is 8.39. The van der Waals surface area contributed by atoms with Gasteiger partial charge in [-0.25, -0.2) is 0 Å². The summed E-state index contributed by atoms with van der Waals surface area (Å²) in [5, 5.41) is 23.0. The summed E-state index contributed by atoms with van der Waals surface area (Å²) < 4.78 is 1.94. The zero-order chi connectivity index (χ0) is 17.4. The number of rotatable bonds is 3. The molecule has 0 aliphatic carbocycles. The standard InChI is InChI=1S/C18H20ClN5O/c1-23-8-2-4-13(11-23)20-17-15-5-3-9-24(15)18(22-21-17)14-7-6-12(19)10-16(14)25/h3,5-7,9-10,13,25H,2,4,8,11H2,1H3,(H,20,21)/t13-/m1/s1. The van der Waals surface area contributed by atoms with Crippen LogP contribution in [0.25, 0.3) is 16.9 Å². The molecule has 4 rings (SSSR count). The molecule has 6 nitrogen and oxygen atoms in total. The van der Waals surface area contributed by atoms with Crippen LogP contribution in [0.5, 0.6) is 5.75 Å². The number of phenolic OH excluding ortho intramolecular Hbond substituents is 1. The summed E-state index contributed by atoms with van der Waals surface area (Å²) in [5.74, 6) is 1.44. The van der Waals surface area contributed by atoms with Crippen LogP contribution >= 0.6 is 11.6 Å². The van der Waals surface area contributed by atoms with Gasteiger partial charge in [0.1, 0.15) is 5.75 Å². The van der Waals surface area contributed by atoms with E-state index in [9.17, 15) is 5.11 Å². The quantitative estimate of drug-likeness (QED) is 0.753. The summed E-state index contributed by atoms with van der Waals surface area (Å²) in [4.78, 5) is 2.32. The average Bonchev–Trinajstić information content (AvgIpc) is 3.06. The maximum Gasteiger partial charge on any atom is 0.173 e. The lowest BCUT2D eigenvalue weighted by atomic mass is 10.1. The Morgan fingerprint density at radius 2 is 2.16 bits per heavy atom. The largest absolute Gasteiger partial charge is 0.507 e. The Kier molecular flexibility index (Phi) is 4.23. The van der Waals surface area contributed by atoms with E-state index in [4.69, 9.17) is 11.6 Å². The second-order valence-electron chi connectivity index (χ2n) is 6.54. The molecular formula is C18H20ClN5O. The van der Waals surface area contributed by atoms with Gasteiger partial charge in [-0.15, -0.1) is 10.2 Å². The van der Waals surface area contributed by atoms with Crippen LogP contribution < -0.4 is 5.32 Å². The molecule has 7 heteroatoms. The lowest BCUT2D eigenvalue weighted by Gasteiger charge is -2.30. The second kappa shape index (κ2) is 6.54. The van der Waals surface area contributed by atoms with Crippen LogP contribution in [0, 0.1) is 0 Å². The molecule has 0 unspecified atom stereocenters. The van der Waals surface area contributed by atoms with Gasteiger partial charge in [-0.3, -0.25) is 4.40 Å². The predicted molar refractivity (Wildman–Crippen MR) is 99.2 cm³/mol. The van der Waals surface area contributed by atoms with E-state index >= 15 is 0 Å². The zero-order valence-electron chi connectivity index (χ0n) is 14.0. The molecule has 1 aliphatic rings. The molecule has 1 aliphatic heterocycles. The van der Waals surface area contributed by atoms with E-state index in [0.717, 1.165) is 30.8 Å². The topological polar surface area (TPSA) is 65.7 Å². The van der Waals surface area contributed by atoms with Crippen molar-refractivity contribution in [3.05, 3.63) is 41.6 Å². The van der Waals surface area contributed by atoms with Crippen LogP contribution in [0.15, 0.2) is 36.5 Å². The number of hydrogen-bond acceptors (Lipinski definition) is 5. The Bertz CT molecular complexity index is 910. The predicted octanol–water partition coefficient (Wildman–Crippen LogP) is 3.26. The Hall–Kier alpha value is -2.31. The highest BCUT2D eigenvalue weighted by atomic mass is 35.5. The maximum absolute atomic E-state index is 10.2. The molecule has 130 valence electrons. The van der Waals surface area contributed by atoms with Gasteiger partial charge in [0.05, 0.1) is 11.1 Å². The van der Waals surface area contributed by atoms with Crippen molar-refractivity contribution in [1.82, 2.24) is 19.5 Å². The Labute approximate surface area is 151 Å². The van der Waals surface area contributed by atoms with Gasteiger partial charge in [0.15, 0.2) is 11.6 Å². The fourth-order valence-corrected chi connectivity index (χ4v) is 3.58. The van der Waals surface area contributed by atoms with Crippen molar-refractivity contribution < 1.29 is 5.11 Å². The maximum atomic E-state index is 10.2. The van der Waals surface area contributed by atoms with Crippen LogP contribution in [0.4, 0.5) is 5.82 Å². The third kappa shape index (κ3) is 3.15. The van der Waals surface area contributed by atoms with Crippen molar-refractivity contribution in [1.29, 1.82) is 0 Å². The zero-order valence-corrected chi connectivity index (χ0v) is 14.7. The summed E-state index contributed by atoms with van der Waals surface area (Å²) in [6, 6.07) is 9.31. The summed E-state index contributed by atoms with van der Waals surface area (Å²) in [7, 11) is 2.14. The molecule has 2 aromatic heterocycles. The summed E-state index contributed by atoms with van der Waals surface area (Å²) in [6.07, 6.45) is 4.22. The Morgan fingerprint density at radius 3 is 2.96 bits per heavy atom. The number of benzene rings is 1. The normalized spacial score (nSPS) is 18.6. The van der Waals surface area contributed by atoms with Gasteiger partial charge < -0.3 is 15.3 Å². The summed E-state index contributed by atoms with van der Waals surface area (Å²) in [5.41, 5.74) is 1.54. The van der Waals surface area contributed by atoms with Crippen LogP contribution in [0.1, 0.15) is 12.8 Å². The van der Waals surface area contributed by atoms with Crippen LogP contribution in [0.2, 0.25) is 5.02 Å². The van der Waals surface area contributed by atoms with Crippen LogP contribution in [0.3, 0.4) is 0 Å². The lowest BCUT2D eigenvalue weighted by molar-refractivity contribution is 0.260. The van der Waals surface area contributed by atoms with E-state index in [1.165, 1.54) is 12.5 Å². The number of likely N-dealkylation sites (tertiary alicyclic amines) is 1. The molecule has 0 amide bonds. The lowest BCUT2D eigenvalue weighted by Crippen LogP contribution is -2.40. The SMILES string of the molecule is CN1CCC[C@@H](Nc2nnc(-c3ccc(Cl)cc3O)n3cccc23)C1. The fourth-order valence-electron chi connectivity index (χ4n) is 3.41. The van der Waals surface area contributed by atoms with Crippen molar-refractivity contribution in [2.75, 3.05) is 25.5 Å². The van der Waals surface area contributed by atoms with Gasteiger partial charge in [0.25, 0.3) is 0 Å². The minimum Gasteiger partial charge on any atom is -0.507 e. The van der Waals surface area contributed by atoms with Crippen molar-refractivity contribution in [2.24, 2.45) is 0 Å². The average molecular weight is 358 g/mol. The van der Waals surface area contributed by atoms with Crippen LogP contribution in [-0.4, -0.2) is 50.8 Å². The number of halogens is 1. The number of nitrogens with one attached hydrogen (secondary N) is 1. The Morgan fingerprint density at radius 1 is 1.28 bits per heavy atom. The minimum absolute atomic E-state index is 0.0893. The smallest absolute Gasteiger partial charge is 0.173 e. The molecule has 2 N–H and O–H groups in total. The van der Waals surface area contributed by atoms with E-state index in [1.807, 2.05) is 22.7 Å². The van der Waals surface area contributed by atoms with Gasteiger partial charge in [-0.1, -0.05) is 11.6 Å². The Balaban J connectivity index is 1.71. The number of aromatic hydroxyl groups is 1. The van der Waals surface area contributed by atoms with E-state index in [2.05, 4.69) is 27.5 Å². The first kappa shape index (κ1) is 16.2. The molecule has 0 bridgehead atoms. The van der Waals surface area contributed by atoms with E-state index in [0.29, 0.717) is 22.5 Å². The van der Waals surface area contributed by atoms with Crippen molar-refractivity contribution in [2.45, 2.75) is 18.9 Å². The van der Waals surface area contributed by atoms with Gasteiger partial charge in [0, 0.05) is 23.8 Å². The number of anilines is 1. The molecular weight excluding hydrogens is 338 g/mol. The second-order valence-corrected chi connectivity index (χ2v) is 6.98. The number of hydrogen-bond donors (Lipinski definition) is 2. The van der Waals surface area contributed by atoms with Gasteiger partial charge >= 0.3 is 0 Å². The van der Waals surface area contributed by atoms with Gasteiger partial charge in [-0.2, -0.15) is 0 Å². The highest BCUT2D eigenvalue weighted by molar-refractivity contribution is 6.30. The molecule has 25 heavy (non-hydrogen) atoms. The molecule has 1 atom stereocenters. The van der Waals surface area contributed by atoms with E-state index in [-0.39, 0.29) is 5.75 Å². The van der Waals surface area contributed by atoms with Crippen LogP contribution in [-0.2, 0) is 0 Å².